The Morgan fingerprint density at radius 3 is 2.32 bits per heavy atom. The molecule has 0 aliphatic carbocycles. The van der Waals surface area contributed by atoms with Gasteiger partial charge in [0.1, 0.15) is 11.0 Å². The number of imidazole rings is 1. The monoisotopic (exact) mass is 354 g/mol. The van der Waals surface area contributed by atoms with Gasteiger partial charge in [0.15, 0.2) is 0 Å². The summed E-state index contributed by atoms with van der Waals surface area (Å²) >= 11 is 6.08. The lowest BCUT2D eigenvalue weighted by Gasteiger charge is -2.34. The lowest BCUT2D eigenvalue weighted by atomic mass is 10.0. The Morgan fingerprint density at radius 1 is 0.920 bits per heavy atom. The van der Waals surface area contributed by atoms with Gasteiger partial charge in [-0.05, 0) is 16.3 Å². The van der Waals surface area contributed by atoms with Crippen molar-refractivity contribution in [2.24, 2.45) is 7.05 Å². The molecule has 4 rings (SSSR count). The third-order valence-electron chi connectivity index (χ3n) is 5.13. The zero-order chi connectivity index (χ0) is 17.2. The number of halogens is 1. The summed E-state index contributed by atoms with van der Waals surface area (Å²) in [6.45, 7) is 6.18. The third kappa shape index (κ3) is 3.56. The molecule has 2 heterocycles. The highest BCUT2D eigenvalue weighted by molar-refractivity contribution is 6.29. The van der Waals surface area contributed by atoms with E-state index in [0.717, 1.165) is 45.1 Å². The molecule has 25 heavy (non-hydrogen) atoms. The molecule has 5 heteroatoms. The SMILES string of the molecule is Cn1c(Cl)cnc1CN1CCN(Cc2cccc3ccccc23)CC1. The van der Waals surface area contributed by atoms with E-state index in [9.17, 15) is 0 Å². The Kier molecular flexibility index (Phi) is 4.75. The molecule has 1 fully saturated rings. The van der Waals surface area contributed by atoms with E-state index in [1.54, 1.807) is 6.20 Å². The molecule has 0 N–H and O–H groups in total. The first-order valence-corrected chi connectivity index (χ1v) is 9.16. The van der Waals surface area contributed by atoms with Crippen LogP contribution in [0.25, 0.3) is 10.8 Å². The number of fused-ring (bicyclic) bond motifs is 1. The van der Waals surface area contributed by atoms with Crippen LogP contribution >= 0.6 is 11.6 Å². The Bertz CT molecular complexity index is 860. The standard InChI is InChI=1S/C20H23ClN4/c1-23-19(21)13-22-20(23)15-25-11-9-24(10-12-25)14-17-7-4-6-16-5-2-3-8-18(16)17/h2-8,13H,9-12,14-15H2,1H3. The zero-order valence-electron chi connectivity index (χ0n) is 14.5. The van der Waals surface area contributed by atoms with Crippen molar-refractivity contribution in [3.63, 3.8) is 0 Å². The molecule has 0 radical (unpaired) electrons. The Labute approximate surface area is 153 Å². The molecule has 4 nitrogen and oxygen atoms in total. The molecule has 1 saturated heterocycles. The quantitative estimate of drug-likeness (QED) is 0.716. The fourth-order valence-corrected chi connectivity index (χ4v) is 3.69. The maximum atomic E-state index is 6.08. The van der Waals surface area contributed by atoms with Gasteiger partial charge in [0.25, 0.3) is 0 Å². The number of nitrogens with zero attached hydrogens (tertiary/aromatic N) is 4. The molecule has 3 aromatic rings. The summed E-state index contributed by atoms with van der Waals surface area (Å²) in [5.74, 6) is 1.03. The van der Waals surface area contributed by atoms with E-state index in [4.69, 9.17) is 11.6 Å². The van der Waals surface area contributed by atoms with Gasteiger partial charge in [0.2, 0.25) is 0 Å². The van der Waals surface area contributed by atoms with Crippen LogP contribution < -0.4 is 0 Å². The van der Waals surface area contributed by atoms with Gasteiger partial charge >= 0.3 is 0 Å². The van der Waals surface area contributed by atoms with Gasteiger partial charge in [-0.3, -0.25) is 9.80 Å². The van der Waals surface area contributed by atoms with Gasteiger partial charge in [-0.25, -0.2) is 4.98 Å². The Hall–Kier alpha value is -1.88. The molecule has 130 valence electrons. The van der Waals surface area contributed by atoms with Gasteiger partial charge < -0.3 is 4.57 Å². The summed E-state index contributed by atoms with van der Waals surface area (Å²) in [5.41, 5.74) is 1.42. The van der Waals surface area contributed by atoms with Crippen molar-refractivity contribution >= 4 is 22.4 Å². The number of piperazine rings is 1. The molecule has 2 aromatic carbocycles. The molecule has 0 saturated carbocycles. The Balaban J connectivity index is 1.38. The van der Waals surface area contributed by atoms with E-state index in [2.05, 4.69) is 57.2 Å². The van der Waals surface area contributed by atoms with Crippen LogP contribution in [-0.4, -0.2) is 45.5 Å². The molecular weight excluding hydrogens is 332 g/mol. The van der Waals surface area contributed by atoms with E-state index < -0.39 is 0 Å². The number of rotatable bonds is 4. The second-order valence-corrected chi connectivity index (χ2v) is 7.13. The summed E-state index contributed by atoms with van der Waals surface area (Å²) in [7, 11) is 1.97. The van der Waals surface area contributed by atoms with Crippen molar-refractivity contribution in [3.8, 4) is 0 Å². The minimum atomic E-state index is 0.699. The van der Waals surface area contributed by atoms with Crippen LogP contribution in [0.2, 0.25) is 5.15 Å². The number of hydrogen-bond donors (Lipinski definition) is 0. The molecule has 1 aliphatic rings. The van der Waals surface area contributed by atoms with Crippen LogP contribution in [0.3, 0.4) is 0 Å². The predicted molar refractivity (Wildman–Crippen MR) is 103 cm³/mol. The fraction of sp³-hybridized carbons (Fsp3) is 0.350. The smallest absolute Gasteiger partial charge is 0.128 e. The average molecular weight is 355 g/mol. The predicted octanol–water partition coefficient (Wildman–Crippen LogP) is 3.54. The molecule has 0 bridgehead atoms. The minimum absolute atomic E-state index is 0.699. The van der Waals surface area contributed by atoms with Crippen molar-refractivity contribution in [2.75, 3.05) is 26.2 Å². The second-order valence-electron chi connectivity index (χ2n) is 6.75. The van der Waals surface area contributed by atoms with Gasteiger partial charge in [-0.1, -0.05) is 54.1 Å². The highest BCUT2D eigenvalue weighted by Crippen LogP contribution is 2.21. The number of benzene rings is 2. The van der Waals surface area contributed by atoms with Crippen LogP contribution in [-0.2, 0) is 20.1 Å². The summed E-state index contributed by atoms with van der Waals surface area (Å²) in [4.78, 5) is 9.41. The molecule has 1 aliphatic heterocycles. The molecule has 0 amide bonds. The van der Waals surface area contributed by atoms with Crippen molar-refractivity contribution < 1.29 is 0 Å². The summed E-state index contributed by atoms with van der Waals surface area (Å²) < 4.78 is 1.96. The topological polar surface area (TPSA) is 24.3 Å². The lowest BCUT2D eigenvalue weighted by molar-refractivity contribution is 0.119. The first kappa shape index (κ1) is 16.6. The highest BCUT2D eigenvalue weighted by Gasteiger charge is 2.19. The molecule has 0 atom stereocenters. The van der Waals surface area contributed by atoms with Gasteiger partial charge in [0, 0.05) is 39.8 Å². The van der Waals surface area contributed by atoms with Crippen LogP contribution in [0, 0.1) is 0 Å². The maximum Gasteiger partial charge on any atom is 0.128 e. The van der Waals surface area contributed by atoms with Crippen molar-refractivity contribution in [2.45, 2.75) is 13.1 Å². The average Bonchev–Trinajstić information content (AvgIpc) is 2.96. The van der Waals surface area contributed by atoms with Crippen LogP contribution in [0.4, 0.5) is 0 Å². The van der Waals surface area contributed by atoms with E-state index in [1.165, 1.54) is 16.3 Å². The van der Waals surface area contributed by atoms with Gasteiger partial charge in [-0.15, -0.1) is 0 Å². The fourth-order valence-electron chi connectivity index (χ4n) is 3.55. The van der Waals surface area contributed by atoms with Gasteiger partial charge in [-0.2, -0.15) is 0 Å². The maximum absolute atomic E-state index is 6.08. The van der Waals surface area contributed by atoms with Crippen LogP contribution in [0.15, 0.2) is 48.7 Å². The van der Waals surface area contributed by atoms with Crippen molar-refractivity contribution in [3.05, 3.63) is 65.2 Å². The van der Waals surface area contributed by atoms with E-state index in [1.807, 2.05) is 11.6 Å². The van der Waals surface area contributed by atoms with E-state index in [-0.39, 0.29) is 0 Å². The third-order valence-corrected chi connectivity index (χ3v) is 5.48. The normalized spacial score (nSPS) is 16.6. The highest BCUT2D eigenvalue weighted by atomic mass is 35.5. The van der Waals surface area contributed by atoms with E-state index in [0.29, 0.717) is 5.15 Å². The Morgan fingerprint density at radius 2 is 1.60 bits per heavy atom. The molecular formula is C20H23ClN4. The largest absolute Gasteiger partial charge is 0.321 e. The second kappa shape index (κ2) is 7.16. The minimum Gasteiger partial charge on any atom is -0.321 e. The number of aromatic nitrogens is 2. The van der Waals surface area contributed by atoms with Crippen molar-refractivity contribution in [1.82, 2.24) is 19.4 Å². The molecule has 0 unspecified atom stereocenters. The van der Waals surface area contributed by atoms with Crippen molar-refractivity contribution in [1.29, 1.82) is 0 Å². The van der Waals surface area contributed by atoms with Crippen LogP contribution in [0.1, 0.15) is 11.4 Å². The molecule has 0 spiro atoms. The lowest BCUT2D eigenvalue weighted by Crippen LogP contribution is -2.45. The number of hydrogen-bond acceptors (Lipinski definition) is 3. The van der Waals surface area contributed by atoms with Crippen LogP contribution in [0.5, 0.6) is 0 Å². The summed E-state index contributed by atoms with van der Waals surface area (Å²) in [6, 6.07) is 15.3. The summed E-state index contributed by atoms with van der Waals surface area (Å²) in [5, 5.41) is 3.39. The first-order valence-electron chi connectivity index (χ1n) is 8.78. The summed E-state index contributed by atoms with van der Waals surface area (Å²) in [6.07, 6.45) is 1.73. The van der Waals surface area contributed by atoms with E-state index >= 15 is 0 Å². The zero-order valence-corrected chi connectivity index (χ0v) is 15.3. The first-order chi connectivity index (χ1) is 12.2. The van der Waals surface area contributed by atoms with Gasteiger partial charge in [0.05, 0.1) is 12.7 Å². The molecule has 1 aromatic heterocycles.